The largest absolute Gasteiger partial charge is 0.508 e. The number of aromatic hydroxyl groups is 3. The predicted molar refractivity (Wildman–Crippen MR) is 442 cm³/mol. The number of phenols is 3. The Labute approximate surface area is 703 Å². The quantitative estimate of drug-likeness (QED) is 0.0281. The Morgan fingerprint density at radius 3 is 1.89 bits per heavy atom. The van der Waals surface area contributed by atoms with E-state index in [9.17, 15) is 55.2 Å². The molecular weight excluding hydrogens is 1590 g/mol. The zero-order chi connectivity index (χ0) is 85.8. The number of amides is 7. The summed E-state index contributed by atoms with van der Waals surface area (Å²) in [5.41, 5.74) is 5.89. The summed E-state index contributed by atoms with van der Waals surface area (Å²) in [6.07, 6.45) is -7.93. The summed E-state index contributed by atoms with van der Waals surface area (Å²) in [5, 5.41) is 117. The van der Waals surface area contributed by atoms with Crippen LogP contribution in [-0.4, -0.2) is 156 Å². The number of aliphatic hydroxyl groups is 5. The van der Waals surface area contributed by atoms with Gasteiger partial charge in [0.25, 0.3) is 0 Å². The number of ketones is 3. The van der Waals surface area contributed by atoms with E-state index >= 15 is 28.8 Å². The maximum atomic E-state index is 16.7. The van der Waals surface area contributed by atoms with Gasteiger partial charge in [0.1, 0.15) is 89.5 Å². The summed E-state index contributed by atoms with van der Waals surface area (Å²) in [5.74, 6) is -15.7. The Bertz CT molecular complexity index is 4870. The van der Waals surface area contributed by atoms with Gasteiger partial charge in [0, 0.05) is 74.1 Å². The molecule has 0 aromatic heterocycles. The number of anilines is 3. The van der Waals surface area contributed by atoms with Crippen molar-refractivity contribution >= 4 is 93.2 Å². The second-order valence-electron chi connectivity index (χ2n) is 33.4. The highest BCUT2D eigenvalue weighted by atomic mass is 35.5. The maximum absolute atomic E-state index is 16.7. The van der Waals surface area contributed by atoms with Crippen molar-refractivity contribution in [2.45, 2.75) is 204 Å². The SMILES string of the molecule is CCCCNc1ccc(NCCCC)c(NC(=O)NC(=O)C[C@@H]2CC(=O)[C@H](NC(=O)[C@H](CC)CC(C)C)[C@H](O)c3ccc(c(Cl)c3)Oc3cc4cc(c3O[C@@H]3O[C@H](CN)[C@@H](O)[C@H](O)[C@H]3O)Oc3ccc(cc3Cl)[C@@H](O)[C@@H]3NC(=O)[C@H](CC(=O)[C@@H]4NC2=O)c2ccc(O)c(c2)-c2c(O)cc(O)cc2[C@@H](C(=O)CC2C4CC5CC(C4)CC2C5)NC3=O)c1. The summed E-state index contributed by atoms with van der Waals surface area (Å²) in [6, 6.07) is 11.5. The van der Waals surface area contributed by atoms with Gasteiger partial charge in [-0.1, -0.05) is 88.9 Å². The van der Waals surface area contributed by atoms with E-state index in [4.69, 9.17) is 47.9 Å². The van der Waals surface area contributed by atoms with Crippen molar-refractivity contribution in [1.82, 2.24) is 26.6 Å². The molecule has 4 saturated carbocycles. The molecule has 642 valence electrons. The minimum atomic E-state index is -2.21. The third-order valence-electron chi connectivity index (χ3n) is 24.4. The Balaban J connectivity index is 0.987. The third kappa shape index (κ3) is 19.4. The van der Waals surface area contributed by atoms with Gasteiger partial charge in [-0.3, -0.25) is 43.7 Å². The van der Waals surface area contributed by atoms with Crippen LogP contribution < -0.4 is 62.5 Å². The number of carbonyl (C=O) groups is 9. The molecule has 32 heteroatoms. The first kappa shape index (κ1) is 87.7. The summed E-state index contributed by atoms with van der Waals surface area (Å²) >= 11 is 14.4. The first-order valence-electron chi connectivity index (χ1n) is 41.4. The first-order valence-corrected chi connectivity index (χ1v) is 42.1. The highest BCUT2D eigenvalue weighted by Gasteiger charge is 2.51. The second-order valence-corrected chi connectivity index (χ2v) is 34.2. The summed E-state index contributed by atoms with van der Waals surface area (Å²) in [6.45, 7) is 10.2. The molecule has 120 heavy (non-hydrogen) atoms. The van der Waals surface area contributed by atoms with Crippen molar-refractivity contribution in [2.24, 2.45) is 53.1 Å². The Morgan fingerprint density at radius 2 is 1.27 bits per heavy atom. The smallest absolute Gasteiger partial charge is 0.325 e. The molecule has 6 heterocycles. The normalized spacial score (nSPS) is 27.3. The molecule has 6 aromatic rings. The number of rotatable bonds is 22. The number of nitrogens with two attached hydrogens (primary N) is 1. The van der Waals surface area contributed by atoms with Crippen LogP contribution in [0.5, 0.6) is 46.0 Å². The summed E-state index contributed by atoms with van der Waals surface area (Å²) in [7, 11) is 0. The highest BCUT2D eigenvalue weighted by Crippen LogP contribution is 2.58. The molecular formula is C88H105Cl2N9O21. The van der Waals surface area contributed by atoms with Gasteiger partial charge in [-0.15, -0.1) is 0 Å². The van der Waals surface area contributed by atoms with Crippen molar-refractivity contribution in [2.75, 3.05) is 35.6 Å². The van der Waals surface area contributed by atoms with Crippen LogP contribution in [0.2, 0.25) is 10.0 Å². The van der Waals surface area contributed by atoms with E-state index in [1.807, 2.05) is 33.8 Å². The van der Waals surface area contributed by atoms with E-state index in [2.05, 4.69) is 42.5 Å². The number of Topliss-reactive ketones (excluding diaryl/α,β-unsaturated/α-hetero) is 3. The number of benzene rings is 6. The lowest BCUT2D eigenvalue weighted by Crippen LogP contribution is -2.60. The van der Waals surface area contributed by atoms with Gasteiger partial charge in [0.2, 0.25) is 41.6 Å². The third-order valence-corrected chi connectivity index (χ3v) is 25.0. The number of ether oxygens (including phenoxy) is 4. The Morgan fingerprint density at radius 1 is 0.625 bits per heavy atom. The number of fused-ring (bicyclic) bond motifs is 15. The fourth-order valence-electron chi connectivity index (χ4n) is 18.3. The molecule has 16 rings (SSSR count). The molecule has 1 saturated heterocycles. The van der Waals surface area contributed by atoms with Crippen LogP contribution in [0.4, 0.5) is 21.9 Å². The number of urea groups is 1. The van der Waals surface area contributed by atoms with E-state index in [0.29, 0.717) is 42.7 Å². The Hall–Kier alpha value is -10.2. The van der Waals surface area contributed by atoms with E-state index in [0.717, 1.165) is 88.1 Å². The van der Waals surface area contributed by atoms with Gasteiger partial charge in [0.05, 0.1) is 33.3 Å². The van der Waals surface area contributed by atoms with E-state index < -0.39 is 198 Å². The van der Waals surface area contributed by atoms with Gasteiger partial charge in [-0.2, -0.15) is 0 Å². The standard InChI is InChI=1S/C88H105Cl2N9O21/c1-6-9-19-92-51-14-15-59(93-20-10-7-2)60(34-51)94-88(116)95-71(106)33-50-30-63(103)75(98-83(112)43(8-3)21-40(4)5)77(107)45-12-17-66(57(89)28-45)117-68-31-49-32-69(82(68)120-87-81(111)80(110)79(109)70(39-91)119-87)118-67-18-13-46(29-58(67)90)78(108)76-86(115)97-74(65(105)37-53-47-23-41-22-42(25-47)26-48(53)24-41)56-35-52(100)36-62(102)72(56)55-27-44(11-16-61(55)101)54(85(114)99-76)38-64(104)73(49)96-84(50)113/h11-18,27-29,31-32,34-36,40-43,47-48,50,53-54,70,73-81,87,92-93,100-102,107-111H,6-10,19-26,30,33,37-39,91H2,1-5H3,(H,96,113)(H,97,115)(H,98,112)(H,99,114)(H2,94,95,106,116)/t41?,42?,43-,47?,48?,50+,53?,54-,70-,73-,74+,75+,76+,77-,78-,79-,80+,81-,87+/m1/s1. The van der Waals surface area contributed by atoms with Crippen LogP contribution >= 0.6 is 23.2 Å². The monoisotopic (exact) mass is 1690 g/mol. The number of hydrogen-bond donors (Lipinski definition) is 17. The molecule has 15 bridgehead atoms. The van der Waals surface area contributed by atoms with Crippen molar-refractivity contribution in [1.29, 1.82) is 0 Å². The van der Waals surface area contributed by atoms with Gasteiger partial charge >= 0.3 is 6.03 Å². The van der Waals surface area contributed by atoms with Crippen LogP contribution in [0.15, 0.2) is 97.1 Å². The van der Waals surface area contributed by atoms with Gasteiger partial charge in [0.15, 0.2) is 28.8 Å². The van der Waals surface area contributed by atoms with Crippen LogP contribution in [0.3, 0.4) is 0 Å². The predicted octanol–water partition coefficient (Wildman–Crippen LogP) is 10.5. The average Bonchev–Trinajstić information content (AvgIpc) is 0.755. The minimum absolute atomic E-state index is 0.0375. The molecule has 0 radical (unpaired) electrons. The van der Waals surface area contributed by atoms with Gasteiger partial charge in [-0.25, -0.2) is 4.79 Å². The number of imide groups is 1. The maximum Gasteiger partial charge on any atom is 0.325 e. The molecule has 5 fully saturated rings. The van der Waals surface area contributed by atoms with E-state index in [-0.39, 0.29) is 103 Å². The van der Waals surface area contributed by atoms with E-state index in [1.54, 1.807) is 19.1 Å². The Kier molecular flexibility index (Phi) is 27.7. The molecule has 18 N–H and O–H groups in total. The zero-order valence-electron chi connectivity index (χ0n) is 67.2. The molecule has 7 amide bonds. The molecule has 6 aromatic carbocycles. The van der Waals surface area contributed by atoms with E-state index in [1.165, 1.54) is 48.5 Å². The van der Waals surface area contributed by atoms with Crippen LogP contribution in [0, 0.1) is 47.3 Å². The number of unbranched alkanes of at least 4 members (excludes halogenated alkanes) is 2. The molecule has 30 nitrogen and oxygen atoms in total. The number of nitrogens with one attached hydrogen (secondary N) is 8. The fourth-order valence-corrected chi connectivity index (χ4v) is 18.8. The molecule has 14 atom stereocenters. The number of carbonyl (C=O) groups excluding carboxylic acids is 9. The molecule has 0 unspecified atom stereocenters. The minimum Gasteiger partial charge on any atom is -0.508 e. The number of hydrogen-bond acceptors (Lipinski definition) is 24. The molecule has 4 aliphatic carbocycles. The van der Waals surface area contributed by atoms with Crippen LogP contribution in [0.25, 0.3) is 11.1 Å². The number of halogens is 2. The summed E-state index contributed by atoms with van der Waals surface area (Å²) < 4.78 is 25.9. The topological polar surface area (TPSA) is 475 Å². The van der Waals surface area contributed by atoms with Gasteiger partial charge in [-0.05, 0) is 194 Å². The van der Waals surface area contributed by atoms with Crippen LogP contribution in [-0.2, 0) is 43.1 Å². The van der Waals surface area contributed by atoms with Crippen molar-refractivity contribution in [3.8, 4) is 57.1 Å². The van der Waals surface area contributed by atoms with Crippen molar-refractivity contribution in [3.05, 3.63) is 135 Å². The van der Waals surface area contributed by atoms with Crippen molar-refractivity contribution < 1.29 is 103 Å². The summed E-state index contributed by atoms with van der Waals surface area (Å²) in [4.78, 5) is 140. The lowest BCUT2D eigenvalue weighted by molar-refractivity contribution is -0.270. The number of aliphatic hydroxyl groups excluding tert-OH is 5. The van der Waals surface area contributed by atoms with Crippen molar-refractivity contribution in [3.63, 3.8) is 0 Å². The second kappa shape index (κ2) is 37.9. The van der Waals surface area contributed by atoms with Crippen LogP contribution in [0.1, 0.15) is 189 Å². The lowest BCUT2D eigenvalue weighted by Gasteiger charge is -2.54. The zero-order valence-corrected chi connectivity index (χ0v) is 68.7. The molecule has 10 aliphatic rings. The number of phenolic OH excluding ortho intramolecular Hbond substituents is 3. The van der Waals surface area contributed by atoms with Gasteiger partial charge < -0.3 is 103 Å². The lowest BCUT2D eigenvalue weighted by atomic mass is 9.51. The fraction of sp³-hybridized carbons (Fsp3) is 0.489. The highest BCUT2D eigenvalue weighted by molar-refractivity contribution is 6.32. The molecule has 6 aliphatic heterocycles. The first-order chi connectivity index (χ1) is 57.4. The average molecular weight is 1700 g/mol. The molecule has 0 spiro atoms.